The fourth-order valence-corrected chi connectivity index (χ4v) is 1.83. The van der Waals surface area contributed by atoms with E-state index in [9.17, 15) is 9.00 Å². The molecule has 0 aliphatic carbocycles. The molecule has 0 fully saturated rings. The molecule has 0 radical (unpaired) electrons. The summed E-state index contributed by atoms with van der Waals surface area (Å²) in [5.74, 6) is -0.229. The van der Waals surface area contributed by atoms with Crippen LogP contribution in [0.25, 0.3) is 0 Å². The minimum atomic E-state index is -2.53. The van der Waals surface area contributed by atoms with Gasteiger partial charge in [-0.3, -0.25) is 8.99 Å². The molecule has 4 N–H and O–H groups in total. The summed E-state index contributed by atoms with van der Waals surface area (Å²) in [7, 11) is -1.23. The molecule has 6 nitrogen and oxygen atoms in total. The van der Waals surface area contributed by atoms with E-state index in [-0.39, 0.29) is 5.75 Å². The highest BCUT2D eigenvalue weighted by atomic mass is 32.2. The molecule has 0 spiro atoms. The van der Waals surface area contributed by atoms with Crippen molar-refractivity contribution in [3.8, 4) is 0 Å². The zero-order valence-electron chi connectivity index (χ0n) is 10.4. The lowest BCUT2D eigenvalue weighted by Gasteiger charge is -2.10. The quantitative estimate of drug-likeness (QED) is 0.550. The van der Waals surface area contributed by atoms with Crippen LogP contribution < -0.4 is 11.1 Å². The van der Waals surface area contributed by atoms with Crippen LogP contribution in [0.5, 0.6) is 0 Å². The Hall–Kier alpha value is -1.76. The molecular formula is C11H17N3O3S. The first-order valence-corrected chi connectivity index (χ1v) is 7.40. The maximum atomic E-state index is 11.3. The number of anilines is 2. The summed E-state index contributed by atoms with van der Waals surface area (Å²) in [5.41, 5.74) is 7.19. The Morgan fingerprint density at radius 3 is 2.78 bits per heavy atom. The van der Waals surface area contributed by atoms with E-state index in [1.807, 2.05) is 0 Å². The maximum Gasteiger partial charge on any atom is 0.337 e. The molecular weight excluding hydrogens is 254 g/mol. The van der Waals surface area contributed by atoms with E-state index < -0.39 is 15.7 Å². The highest BCUT2D eigenvalue weighted by Crippen LogP contribution is 2.20. The molecule has 0 saturated heterocycles. The number of carbonyl (C=O) groups is 1. The van der Waals surface area contributed by atoms with Gasteiger partial charge in [-0.1, -0.05) is 0 Å². The lowest BCUT2D eigenvalue weighted by Crippen LogP contribution is -2.14. The Morgan fingerprint density at radius 1 is 1.56 bits per heavy atom. The zero-order chi connectivity index (χ0) is 13.8. The van der Waals surface area contributed by atoms with Crippen LogP contribution in [0.15, 0.2) is 18.2 Å². The van der Waals surface area contributed by atoms with Crippen molar-refractivity contribution in [1.82, 2.24) is 0 Å². The number of esters is 1. The molecule has 100 valence electrons. The van der Waals surface area contributed by atoms with E-state index >= 15 is 0 Å². The van der Waals surface area contributed by atoms with Gasteiger partial charge in [-0.15, -0.1) is 0 Å². The van der Waals surface area contributed by atoms with Gasteiger partial charge in [0.15, 0.2) is 0 Å². The molecule has 0 aliphatic heterocycles. The average molecular weight is 271 g/mol. The third-order valence-electron chi connectivity index (χ3n) is 2.28. The second-order valence-corrected chi connectivity index (χ2v) is 6.35. The van der Waals surface area contributed by atoms with Gasteiger partial charge in [-0.05, 0) is 18.2 Å². The van der Waals surface area contributed by atoms with Crippen molar-refractivity contribution in [1.29, 1.82) is 4.78 Å². The second-order valence-electron chi connectivity index (χ2n) is 3.93. The number of nitrogen functional groups attached to an aromatic ring is 1. The number of methoxy groups -OCH3 is 1. The van der Waals surface area contributed by atoms with Crippen LogP contribution in [0.3, 0.4) is 0 Å². The van der Waals surface area contributed by atoms with Gasteiger partial charge in [0.1, 0.15) is 0 Å². The Morgan fingerprint density at radius 2 is 2.22 bits per heavy atom. The fraction of sp³-hybridized carbons (Fsp3) is 0.364. The van der Waals surface area contributed by atoms with Crippen molar-refractivity contribution < 1.29 is 13.7 Å². The molecule has 1 unspecified atom stereocenters. The Balaban J connectivity index is 2.79. The monoisotopic (exact) mass is 271 g/mol. The van der Waals surface area contributed by atoms with Crippen LogP contribution in [0.1, 0.15) is 10.4 Å². The Labute approximate surface area is 106 Å². The Kier molecular flexibility index (Phi) is 4.55. The fourth-order valence-electron chi connectivity index (χ4n) is 1.33. The molecule has 0 aliphatic rings. The third kappa shape index (κ3) is 4.25. The number of nitrogens with two attached hydrogens (primary N) is 1. The predicted octanol–water partition coefficient (Wildman–Crippen LogP) is 1.14. The number of hydrogen-bond donors (Lipinski definition) is 3. The topological polar surface area (TPSA) is 105 Å². The van der Waals surface area contributed by atoms with Crippen molar-refractivity contribution in [3.63, 3.8) is 0 Å². The molecule has 0 bridgehead atoms. The number of rotatable bonds is 5. The van der Waals surface area contributed by atoms with Crippen molar-refractivity contribution >= 4 is 27.1 Å². The molecule has 18 heavy (non-hydrogen) atoms. The molecule has 7 heteroatoms. The van der Waals surface area contributed by atoms with Crippen molar-refractivity contribution in [2.24, 2.45) is 0 Å². The highest BCUT2D eigenvalue weighted by molar-refractivity contribution is 7.91. The summed E-state index contributed by atoms with van der Waals surface area (Å²) in [5, 5.41) is 2.96. The summed E-state index contributed by atoms with van der Waals surface area (Å²) in [6.07, 6.45) is 1.38. The third-order valence-corrected chi connectivity index (χ3v) is 3.26. The number of hydrogen-bond acceptors (Lipinski definition) is 6. The number of nitrogens with one attached hydrogen (secondary N) is 2. The first kappa shape index (κ1) is 14.3. The Bertz CT molecular complexity index is 540. The van der Waals surface area contributed by atoms with Crippen LogP contribution in [-0.2, 0) is 14.5 Å². The normalized spacial score (nSPS) is 13.7. The minimum Gasteiger partial charge on any atom is -0.465 e. The van der Waals surface area contributed by atoms with Crippen LogP contribution in [0, 0.1) is 4.78 Å². The van der Waals surface area contributed by atoms with Crippen molar-refractivity contribution in [2.75, 3.05) is 36.7 Å². The van der Waals surface area contributed by atoms with E-state index in [2.05, 4.69) is 10.1 Å². The summed E-state index contributed by atoms with van der Waals surface area (Å²) in [4.78, 5) is 11.3. The molecule has 0 saturated carbocycles. The van der Waals surface area contributed by atoms with Crippen molar-refractivity contribution in [3.05, 3.63) is 23.8 Å². The number of carbonyl (C=O) groups excluding carboxylic acids is 1. The number of ether oxygens (including phenoxy) is 1. The van der Waals surface area contributed by atoms with Gasteiger partial charge in [-0.25, -0.2) is 4.79 Å². The van der Waals surface area contributed by atoms with Gasteiger partial charge >= 0.3 is 5.97 Å². The van der Waals surface area contributed by atoms with Gasteiger partial charge in [-0.2, -0.15) is 0 Å². The first-order valence-electron chi connectivity index (χ1n) is 5.26. The largest absolute Gasteiger partial charge is 0.465 e. The maximum absolute atomic E-state index is 11.3. The molecule has 1 aromatic rings. The highest BCUT2D eigenvalue weighted by Gasteiger charge is 2.08. The van der Waals surface area contributed by atoms with E-state index in [4.69, 9.17) is 10.5 Å². The van der Waals surface area contributed by atoms with E-state index in [0.717, 1.165) is 0 Å². The second kappa shape index (κ2) is 5.72. The van der Waals surface area contributed by atoms with Gasteiger partial charge < -0.3 is 15.8 Å². The SMILES string of the molecule is COC(=O)c1ccc(N)c(NCCS(C)(=N)=O)c1. The minimum absolute atomic E-state index is 0.217. The van der Waals surface area contributed by atoms with E-state index in [1.165, 1.54) is 13.4 Å². The van der Waals surface area contributed by atoms with Gasteiger partial charge in [0.2, 0.25) is 0 Å². The number of benzene rings is 1. The summed E-state index contributed by atoms with van der Waals surface area (Å²) < 4.78 is 23.1. The van der Waals surface area contributed by atoms with Crippen molar-refractivity contribution in [2.45, 2.75) is 0 Å². The predicted molar refractivity (Wildman–Crippen MR) is 72.3 cm³/mol. The lowest BCUT2D eigenvalue weighted by atomic mass is 10.1. The molecule has 0 heterocycles. The van der Waals surface area contributed by atoms with Gasteiger partial charge in [0, 0.05) is 28.3 Å². The molecule has 0 aromatic heterocycles. The molecule has 1 rings (SSSR count). The van der Waals surface area contributed by atoms with Gasteiger partial charge in [0.05, 0.1) is 24.0 Å². The van der Waals surface area contributed by atoms with Crippen LogP contribution in [0.2, 0.25) is 0 Å². The molecule has 1 aromatic carbocycles. The molecule has 0 amide bonds. The zero-order valence-corrected chi connectivity index (χ0v) is 11.2. The van der Waals surface area contributed by atoms with Crippen LogP contribution in [0.4, 0.5) is 11.4 Å². The van der Waals surface area contributed by atoms with Crippen LogP contribution in [-0.4, -0.2) is 35.8 Å². The molecule has 1 atom stereocenters. The smallest absolute Gasteiger partial charge is 0.337 e. The summed E-state index contributed by atoms with van der Waals surface area (Å²) >= 11 is 0. The average Bonchev–Trinajstić information content (AvgIpc) is 2.29. The van der Waals surface area contributed by atoms with Gasteiger partial charge in [0.25, 0.3) is 0 Å². The van der Waals surface area contributed by atoms with E-state index in [1.54, 1.807) is 18.2 Å². The van der Waals surface area contributed by atoms with Crippen LogP contribution >= 0.6 is 0 Å². The summed E-state index contributed by atoms with van der Waals surface area (Å²) in [6.45, 7) is 0.355. The first-order chi connectivity index (χ1) is 8.33. The lowest BCUT2D eigenvalue weighted by molar-refractivity contribution is 0.0601. The van der Waals surface area contributed by atoms with E-state index in [0.29, 0.717) is 23.5 Å². The standard InChI is InChI=1S/C11H17N3O3S/c1-17-11(15)8-3-4-9(12)10(7-8)14-5-6-18(2,13)16/h3-4,7,13-14H,5-6,12H2,1-2H3. The summed E-state index contributed by atoms with van der Waals surface area (Å²) in [6, 6.07) is 4.74.